The van der Waals surface area contributed by atoms with Crippen LogP contribution in [-0.4, -0.2) is 29.4 Å². The summed E-state index contributed by atoms with van der Waals surface area (Å²) < 4.78 is 5.12. The molecule has 0 aliphatic heterocycles. The number of hydrogen-bond acceptors (Lipinski definition) is 4. The molecule has 0 aromatic heterocycles. The second kappa shape index (κ2) is 6.43. The van der Waals surface area contributed by atoms with Crippen molar-refractivity contribution >= 4 is 6.09 Å². The van der Waals surface area contributed by atoms with Gasteiger partial charge in [-0.3, -0.25) is 0 Å². The average Bonchev–Trinajstić information content (AvgIpc) is 2.27. The molecule has 1 amide bonds. The summed E-state index contributed by atoms with van der Waals surface area (Å²) in [6, 6.07) is 6.65. The number of nitrogens with two attached hydrogens (primary N) is 1. The van der Waals surface area contributed by atoms with E-state index < -0.39 is 11.7 Å². The van der Waals surface area contributed by atoms with Crippen LogP contribution in [0, 0.1) is 0 Å². The van der Waals surface area contributed by atoms with Crippen LogP contribution in [0.3, 0.4) is 0 Å². The third kappa shape index (κ3) is 6.67. The zero-order valence-electron chi connectivity index (χ0n) is 11.6. The summed E-state index contributed by atoms with van der Waals surface area (Å²) in [5.41, 5.74) is 6.42. The van der Waals surface area contributed by atoms with Gasteiger partial charge >= 0.3 is 6.09 Å². The van der Waals surface area contributed by atoms with Gasteiger partial charge in [0.15, 0.2) is 0 Å². The van der Waals surface area contributed by atoms with Crippen molar-refractivity contribution in [2.75, 3.05) is 6.54 Å². The number of nitrogens with one attached hydrogen (secondary N) is 1. The van der Waals surface area contributed by atoms with Crippen molar-refractivity contribution in [1.82, 2.24) is 5.32 Å². The highest BCUT2D eigenvalue weighted by atomic mass is 16.6. The van der Waals surface area contributed by atoms with E-state index in [9.17, 15) is 9.90 Å². The lowest BCUT2D eigenvalue weighted by Gasteiger charge is -2.20. The van der Waals surface area contributed by atoms with Crippen molar-refractivity contribution in [3.8, 4) is 5.75 Å². The van der Waals surface area contributed by atoms with Gasteiger partial charge in [0, 0.05) is 12.6 Å². The van der Waals surface area contributed by atoms with Crippen LogP contribution in [0.15, 0.2) is 24.3 Å². The highest BCUT2D eigenvalue weighted by Crippen LogP contribution is 2.11. The van der Waals surface area contributed by atoms with Gasteiger partial charge in [-0.1, -0.05) is 12.1 Å². The number of alkyl carbamates (subject to hydrolysis) is 1. The molecule has 1 rings (SSSR count). The third-order valence-electron chi connectivity index (χ3n) is 2.34. The molecule has 1 aromatic carbocycles. The van der Waals surface area contributed by atoms with Crippen molar-refractivity contribution in [3.63, 3.8) is 0 Å². The Kier molecular flexibility index (Phi) is 5.18. The molecule has 5 heteroatoms. The average molecular weight is 266 g/mol. The Labute approximate surface area is 113 Å². The second-order valence-corrected chi connectivity index (χ2v) is 5.51. The molecule has 0 saturated carbocycles. The minimum Gasteiger partial charge on any atom is -0.508 e. The molecule has 0 bridgehead atoms. The minimum atomic E-state index is -0.509. The minimum absolute atomic E-state index is 0.197. The Morgan fingerprint density at radius 2 is 1.95 bits per heavy atom. The summed E-state index contributed by atoms with van der Waals surface area (Å²) in [6.07, 6.45) is 0.157. The maximum absolute atomic E-state index is 11.4. The number of rotatable bonds is 4. The van der Waals surface area contributed by atoms with Gasteiger partial charge in [0.1, 0.15) is 11.4 Å². The van der Waals surface area contributed by atoms with Gasteiger partial charge in [0.25, 0.3) is 0 Å². The summed E-state index contributed by atoms with van der Waals surface area (Å²) >= 11 is 0. The first kappa shape index (κ1) is 15.3. The number of phenolic OH excluding ortho intramolecular Hbond substituents is 1. The van der Waals surface area contributed by atoms with E-state index in [1.807, 2.05) is 32.9 Å². The fraction of sp³-hybridized carbons (Fsp3) is 0.500. The molecule has 0 spiro atoms. The smallest absolute Gasteiger partial charge is 0.407 e. The van der Waals surface area contributed by atoms with Crippen LogP contribution in [0.25, 0.3) is 0 Å². The van der Waals surface area contributed by atoms with Gasteiger partial charge in [-0.25, -0.2) is 4.79 Å². The molecule has 0 heterocycles. The molecule has 19 heavy (non-hydrogen) atoms. The molecular formula is C14H22N2O3. The maximum Gasteiger partial charge on any atom is 0.407 e. The quantitative estimate of drug-likeness (QED) is 0.775. The fourth-order valence-electron chi connectivity index (χ4n) is 1.54. The lowest BCUT2D eigenvalue weighted by molar-refractivity contribution is 0.0524. The predicted molar refractivity (Wildman–Crippen MR) is 74.0 cm³/mol. The van der Waals surface area contributed by atoms with Crippen molar-refractivity contribution in [2.45, 2.75) is 38.8 Å². The lowest BCUT2D eigenvalue weighted by Crippen LogP contribution is -2.41. The maximum atomic E-state index is 11.4. The van der Waals surface area contributed by atoms with E-state index in [4.69, 9.17) is 10.5 Å². The molecule has 5 nitrogen and oxygen atoms in total. The van der Waals surface area contributed by atoms with Gasteiger partial charge in [-0.15, -0.1) is 0 Å². The Hall–Kier alpha value is -1.75. The van der Waals surface area contributed by atoms with Crippen LogP contribution in [-0.2, 0) is 11.2 Å². The molecule has 0 radical (unpaired) electrons. The van der Waals surface area contributed by atoms with Gasteiger partial charge in [0.2, 0.25) is 0 Å². The number of ether oxygens (including phenoxy) is 1. The summed E-state index contributed by atoms with van der Waals surface area (Å²) in [6.45, 7) is 5.77. The van der Waals surface area contributed by atoms with E-state index in [1.54, 1.807) is 12.1 Å². The molecule has 0 saturated heterocycles. The lowest BCUT2D eigenvalue weighted by atomic mass is 10.1. The van der Waals surface area contributed by atoms with Gasteiger partial charge in [-0.05, 0) is 44.9 Å². The molecule has 0 fully saturated rings. The number of hydrogen-bond donors (Lipinski definition) is 3. The van der Waals surface area contributed by atoms with E-state index in [2.05, 4.69) is 5.32 Å². The second-order valence-electron chi connectivity index (χ2n) is 5.51. The van der Waals surface area contributed by atoms with Crippen molar-refractivity contribution in [1.29, 1.82) is 0 Å². The number of carbonyl (C=O) groups excluding carboxylic acids is 1. The van der Waals surface area contributed by atoms with Crippen LogP contribution >= 0.6 is 0 Å². The van der Waals surface area contributed by atoms with E-state index >= 15 is 0 Å². The standard InChI is InChI=1S/C14H22N2O3/c1-14(2,3)19-13(18)16-9-11(15)8-10-4-6-12(17)7-5-10/h4-7,11,17H,8-9,15H2,1-3H3,(H,16,18)/t11-/m0/s1. The van der Waals surface area contributed by atoms with Crippen LogP contribution in [0.2, 0.25) is 0 Å². The normalized spacial score (nSPS) is 12.8. The van der Waals surface area contributed by atoms with Crippen LogP contribution < -0.4 is 11.1 Å². The molecule has 106 valence electrons. The Morgan fingerprint density at radius 1 is 1.37 bits per heavy atom. The number of amides is 1. The van der Waals surface area contributed by atoms with E-state index in [0.29, 0.717) is 13.0 Å². The van der Waals surface area contributed by atoms with Crippen LogP contribution in [0.5, 0.6) is 5.75 Å². The van der Waals surface area contributed by atoms with Gasteiger partial charge < -0.3 is 20.9 Å². The molecule has 1 atom stereocenters. The van der Waals surface area contributed by atoms with E-state index in [0.717, 1.165) is 5.56 Å². The molecular weight excluding hydrogens is 244 g/mol. The highest BCUT2D eigenvalue weighted by molar-refractivity contribution is 5.67. The Morgan fingerprint density at radius 3 is 2.47 bits per heavy atom. The molecule has 0 aliphatic rings. The monoisotopic (exact) mass is 266 g/mol. The number of phenols is 1. The predicted octanol–water partition coefficient (Wildman–Crippen LogP) is 1.79. The van der Waals surface area contributed by atoms with E-state index in [-0.39, 0.29) is 11.8 Å². The number of aromatic hydroxyl groups is 1. The number of carbonyl (C=O) groups is 1. The SMILES string of the molecule is CC(C)(C)OC(=O)NC[C@@H](N)Cc1ccc(O)cc1. The zero-order chi connectivity index (χ0) is 14.5. The third-order valence-corrected chi connectivity index (χ3v) is 2.34. The van der Waals surface area contributed by atoms with Crippen molar-refractivity contribution in [3.05, 3.63) is 29.8 Å². The fourth-order valence-corrected chi connectivity index (χ4v) is 1.54. The van der Waals surface area contributed by atoms with Gasteiger partial charge in [-0.2, -0.15) is 0 Å². The summed E-state index contributed by atoms with van der Waals surface area (Å²) in [4.78, 5) is 11.4. The molecule has 0 unspecified atom stereocenters. The Balaban J connectivity index is 2.33. The summed E-state index contributed by atoms with van der Waals surface area (Å²) in [5.74, 6) is 0.226. The first-order valence-corrected chi connectivity index (χ1v) is 6.26. The topological polar surface area (TPSA) is 84.6 Å². The van der Waals surface area contributed by atoms with Crippen LogP contribution in [0.1, 0.15) is 26.3 Å². The van der Waals surface area contributed by atoms with E-state index in [1.165, 1.54) is 0 Å². The largest absolute Gasteiger partial charge is 0.508 e. The highest BCUT2D eigenvalue weighted by Gasteiger charge is 2.16. The zero-order valence-corrected chi connectivity index (χ0v) is 11.6. The first-order chi connectivity index (χ1) is 8.76. The number of benzene rings is 1. The van der Waals surface area contributed by atoms with Crippen molar-refractivity contribution < 1.29 is 14.6 Å². The molecule has 4 N–H and O–H groups in total. The Bertz CT molecular complexity index is 410. The molecule has 0 aliphatic carbocycles. The summed E-state index contributed by atoms with van der Waals surface area (Å²) in [7, 11) is 0. The van der Waals surface area contributed by atoms with Gasteiger partial charge in [0.05, 0.1) is 0 Å². The first-order valence-electron chi connectivity index (χ1n) is 6.26. The van der Waals surface area contributed by atoms with Crippen molar-refractivity contribution in [2.24, 2.45) is 5.73 Å². The summed E-state index contributed by atoms with van der Waals surface area (Å²) in [5, 5.41) is 11.8. The molecule has 1 aromatic rings. The van der Waals surface area contributed by atoms with Crippen LogP contribution in [0.4, 0.5) is 4.79 Å².